The fraction of sp³-hybridized carbons (Fsp3) is 0.625. The fourth-order valence-electron chi connectivity index (χ4n) is 4.09. The first kappa shape index (κ1) is 16.9. The van der Waals surface area contributed by atoms with Crippen LogP contribution in [-0.4, -0.2) is 78.4 Å². The van der Waals surface area contributed by atoms with Crippen LogP contribution in [0.3, 0.4) is 0 Å². The number of nitrogens with zero attached hydrogens (tertiary/aromatic N) is 3. The number of rotatable bonds is 3. The zero-order valence-corrected chi connectivity index (χ0v) is 14.8. The maximum atomic E-state index is 12.8. The van der Waals surface area contributed by atoms with Crippen molar-refractivity contribution < 1.29 is 13.2 Å². The number of hydrogen-bond acceptors (Lipinski definition) is 7. The van der Waals surface area contributed by atoms with Crippen molar-refractivity contribution in [2.75, 3.05) is 31.1 Å². The summed E-state index contributed by atoms with van der Waals surface area (Å²) >= 11 is 0. The number of fused-ring (bicyclic) bond motifs is 1. The molecule has 136 valence electrons. The molecule has 1 unspecified atom stereocenters. The summed E-state index contributed by atoms with van der Waals surface area (Å²) in [5.41, 5.74) is 7.03. The molecule has 3 aliphatic rings. The molecular weight excluding hydrogens is 342 g/mol. The van der Waals surface area contributed by atoms with Gasteiger partial charge in [0.15, 0.2) is 9.84 Å². The smallest absolute Gasteiger partial charge is 0.241 e. The minimum Gasteiger partial charge on any atom is -0.334 e. The van der Waals surface area contributed by atoms with Gasteiger partial charge in [-0.25, -0.2) is 13.8 Å². The molecular formula is C16H23N5O3S. The molecule has 3 saturated heterocycles. The van der Waals surface area contributed by atoms with Crippen molar-refractivity contribution in [3.63, 3.8) is 0 Å². The Labute approximate surface area is 147 Å². The zero-order chi connectivity index (χ0) is 17.4. The molecule has 3 fully saturated rings. The van der Waals surface area contributed by atoms with Crippen molar-refractivity contribution in [3.8, 4) is 0 Å². The van der Waals surface area contributed by atoms with E-state index in [4.69, 9.17) is 0 Å². The zero-order valence-electron chi connectivity index (χ0n) is 14.0. The van der Waals surface area contributed by atoms with Gasteiger partial charge in [0.2, 0.25) is 5.91 Å². The second-order valence-electron chi connectivity index (χ2n) is 6.99. The highest BCUT2D eigenvalue weighted by Gasteiger charge is 2.48. The molecule has 3 atom stereocenters. The predicted octanol–water partition coefficient (Wildman–Crippen LogP) is -1.24. The molecule has 2 N–H and O–H groups in total. The van der Waals surface area contributed by atoms with Gasteiger partial charge in [-0.05, 0) is 18.1 Å². The average molecular weight is 365 g/mol. The Bertz CT molecular complexity index is 735. The largest absolute Gasteiger partial charge is 0.334 e. The molecule has 0 radical (unpaired) electrons. The number of piperazine rings is 1. The van der Waals surface area contributed by atoms with Crippen LogP contribution in [0.15, 0.2) is 24.5 Å². The third kappa shape index (κ3) is 3.41. The van der Waals surface area contributed by atoms with Crippen LogP contribution < -0.4 is 10.9 Å². The maximum absolute atomic E-state index is 12.8. The van der Waals surface area contributed by atoms with Gasteiger partial charge in [0.05, 0.1) is 17.5 Å². The van der Waals surface area contributed by atoms with Crippen LogP contribution in [0, 0.1) is 0 Å². The fourth-order valence-corrected chi connectivity index (χ4v) is 6.10. The van der Waals surface area contributed by atoms with Crippen LogP contribution in [0.25, 0.3) is 0 Å². The lowest BCUT2D eigenvalue weighted by molar-refractivity contribution is -0.139. The Morgan fingerprint density at radius 2 is 2.12 bits per heavy atom. The van der Waals surface area contributed by atoms with Gasteiger partial charge in [-0.15, -0.1) is 0 Å². The lowest BCUT2D eigenvalue weighted by Crippen LogP contribution is -2.62. The Morgan fingerprint density at radius 3 is 2.84 bits per heavy atom. The molecule has 8 nitrogen and oxygen atoms in total. The number of hydrazine groups is 1. The first-order chi connectivity index (χ1) is 12.0. The number of sulfone groups is 1. The van der Waals surface area contributed by atoms with Crippen LogP contribution in [0.1, 0.15) is 12.0 Å². The van der Waals surface area contributed by atoms with Gasteiger partial charge in [-0.3, -0.25) is 20.1 Å². The average Bonchev–Trinajstić information content (AvgIpc) is 3.22. The van der Waals surface area contributed by atoms with Crippen molar-refractivity contribution >= 4 is 15.7 Å². The van der Waals surface area contributed by atoms with E-state index in [-0.39, 0.29) is 35.5 Å². The van der Waals surface area contributed by atoms with Crippen molar-refractivity contribution in [1.82, 2.24) is 25.6 Å². The number of pyridine rings is 1. The Balaban J connectivity index is 1.54. The van der Waals surface area contributed by atoms with E-state index in [9.17, 15) is 13.2 Å². The third-order valence-electron chi connectivity index (χ3n) is 5.31. The van der Waals surface area contributed by atoms with E-state index in [1.165, 1.54) is 0 Å². The highest BCUT2D eigenvalue weighted by molar-refractivity contribution is 7.91. The predicted molar refractivity (Wildman–Crippen MR) is 92.1 cm³/mol. The molecule has 1 amide bonds. The van der Waals surface area contributed by atoms with Crippen LogP contribution in [0.5, 0.6) is 0 Å². The highest BCUT2D eigenvalue weighted by atomic mass is 32.2. The van der Waals surface area contributed by atoms with Gasteiger partial charge in [0.25, 0.3) is 0 Å². The topological polar surface area (TPSA) is 94.6 Å². The highest BCUT2D eigenvalue weighted by Crippen LogP contribution is 2.29. The van der Waals surface area contributed by atoms with Crippen molar-refractivity contribution in [3.05, 3.63) is 30.1 Å². The van der Waals surface area contributed by atoms with Crippen molar-refractivity contribution in [1.29, 1.82) is 0 Å². The second-order valence-corrected chi connectivity index (χ2v) is 9.14. The standard InChI is InChI=1S/C16H23N5O3S/c22-16(13-3-5-18-19-13)21-7-6-20(9-12-2-1-4-17-8-12)14-10-25(23,24)11-15(14)21/h1-2,4,8,13-15,18-19H,3,5-7,9-11H2/t13?,14-,15+/m1/s1. The van der Waals surface area contributed by atoms with Crippen molar-refractivity contribution in [2.45, 2.75) is 31.1 Å². The number of aromatic nitrogens is 1. The normalized spacial score (nSPS) is 31.8. The molecule has 0 bridgehead atoms. The number of amides is 1. The number of hydrogen-bond donors (Lipinski definition) is 2. The van der Waals surface area contributed by atoms with Gasteiger partial charge in [0.1, 0.15) is 6.04 Å². The first-order valence-electron chi connectivity index (χ1n) is 8.66. The van der Waals surface area contributed by atoms with E-state index in [0.717, 1.165) is 18.5 Å². The minimum atomic E-state index is -3.13. The molecule has 3 aliphatic heterocycles. The summed E-state index contributed by atoms with van der Waals surface area (Å²) in [4.78, 5) is 20.9. The van der Waals surface area contributed by atoms with E-state index in [0.29, 0.717) is 19.6 Å². The second kappa shape index (κ2) is 6.64. The van der Waals surface area contributed by atoms with Crippen LogP contribution in [0.2, 0.25) is 0 Å². The molecule has 0 aromatic carbocycles. The van der Waals surface area contributed by atoms with Crippen molar-refractivity contribution in [2.24, 2.45) is 0 Å². The van der Waals surface area contributed by atoms with E-state index >= 15 is 0 Å². The van der Waals surface area contributed by atoms with Gasteiger partial charge in [-0.1, -0.05) is 6.07 Å². The summed E-state index contributed by atoms with van der Waals surface area (Å²) in [5.74, 6) is 0.198. The molecule has 4 rings (SSSR count). The van der Waals surface area contributed by atoms with Gasteiger partial charge in [-0.2, -0.15) is 0 Å². The van der Waals surface area contributed by atoms with E-state index < -0.39 is 9.84 Å². The molecule has 1 aromatic heterocycles. The quantitative estimate of drug-likeness (QED) is 0.692. The molecule has 0 spiro atoms. The Morgan fingerprint density at radius 1 is 1.28 bits per heavy atom. The first-order valence-corrected chi connectivity index (χ1v) is 10.5. The summed E-state index contributed by atoms with van der Waals surface area (Å²) < 4.78 is 24.6. The van der Waals surface area contributed by atoms with Crippen LogP contribution in [-0.2, 0) is 21.2 Å². The minimum absolute atomic E-state index is 0.0122. The van der Waals surface area contributed by atoms with E-state index in [1.807, 2.05) is 18.3 Å². The summed E-state index contributed by atoms with van der Waals surface area (Å²) in [5, 5.41) is 0. The van der Waals surface area contributed by atoms with E-state index in [2.05, 4.69) is 20.7 Å². The van der Waals surface area contributed by atoms with E-state index in [1.54, 1.807) is 11.1 Å². The summed E-state index contributed by atoms with van der Waals surface area (Å²) in [6.07, 6.45) is 4.27. The maximum Gasteiger partial charge on any atom is 0.241 e. The summed E-state index contributed by atoms with van der Waals surface area (Å²) in [6, 6.07) is 3.23. The SMILES string of the molecule is O=C(C1CCNN1)N1CCN(Cc2cccnc2)[C@@H]2CS(=O)(=O)C[C@@H]21. The molecule has 1 aromatic rings. The monoisotopic (exact) mass is 365 g/mol. The van der Waals surface area contributed by atoms with Gasteiger partial charge < -0.3 is 4.90 Å². The molecule has 9 heteroatoms. The van der Waals surface area contributed by atoms with Gasteiger partial charge >= 0.3 is 0 Å². The Kier molecular flexibility index (Phi) is 4.48. The summed E-state index contributed by atoms with van der Waals surface area (Å²) in [7, 11) is -3.13. The lowest BCUT2D eigenvalue weighted by atomic mass is 10.0. The number of carbonyl (C=O) groups excluding carboxylic acids is 1. The third-order valence-corrected chi connectivity index (χ3v) is 7.01. The number of carbonyl (C=O) groups is 1. The van der Waals surface area contributed by atoms with Crippen LogP contribution >= 0.6 is 0 Å². The Hall–Kier alpha value is -1.55. The lowest BCUT2D eigenvalue weighted by Gasteiger charge is -2.44. The van der Waals surface area contributed by atoms with Gasteiger partial charge in [0, 0.05) is 44.6 Å². The summed E-state index contributed by atoms with van der Waals surface area (Å²) in [6.45, 7) is 2.66. The molecule has 0 saturated carbocycles. The molecule has 0 aliphatic carbocycles. The molecule has 4 heterocycles. The number of nitrogens with one attached hydrogen (secondary N) is 2. The van der Waals surface area contributed by atoms with Crippen LogP contribution in [0.4, 0.5) is 0 Å². The molecule has 25 heavy (non-hydrogen) atoms.